The zero-order valence-electron chi connectivity index (χ0n) is 19.5. The van der Waals surface area contributed by atoms with Crippen LogP contribution in [-0.4, -0.2) is 49.2 Å². The highest BCUT2D eigenvalue weighted by Gasteiger charge is 2.80. The molecule has 168 valence electrons. The van der Waals surface area contributed by atoms with Gasteiger partial charge in [0.2, 0.25) is 0 Å². The maximum atomic E-state index is 12.0. The molecule has 5 nitrogen and oxygen atoms in total. The second-order valence-corrected chi connectivity index (χ2v) is 11.6. The number of hydrogen-bond donors (Lipinski definition) is 2. The number of methoxy groups -OCH3 is 2. The van der Waals surface area contributed by atoms with E-state index in [-0.39, 0.29) is 28.3 Å². The maximum absolute atomic E-state index is 12.0. The second-order valence-electron chi connectivity index (χ2n) is 11.6. The van der Waals surface area contributed by atoms with Gasteiger partial charge >= 0.3 is 0 Å². The Balaban J connectivity index is 1.66. The van der Waals surface area contributed by atoms with Crippen LogP contribution in [0.5, 0.6) is 11.5 Å². The lowest BCUT2D eigenvalue weighted by atomic mass is 9.35. The van der Waals surface area contributed by atoms with Gasteiger partial charge in [-0.1, -0.05) is 39.0 Å². The molecule has 0 aromatic heterocycles. The number of hydrogen-bond acceptors (Lipinski definition) is 5. The van der Waals surface area contributed by atoms with Gasteiger partial charge in [-0.15, -0.1) is 0 Å². The molecule has 5 heteroatoms. The van der Waals surface area contributed by atoms with Crippen molar-refractivity contribution in [1.82, 2.24) is 5.32 Å². The normalized spacial score (nSPS) is 43.3. The monoisotopic (exact) mass is 425 g/mol. The van der Waals surface area contributed by atoms with Crippen molar-refractivity contribution in [3.05, 3.63) is 35.4 Å². The number of aliphatic hydroxyl groups is 1. The maximum Gasteiger partial charge on any atom is 0.166 e. The summed E-state index contributed by atoms with van der Waals surface area (Å²) in [5, 5.41) is 15.9. The molecule has 7 rings (SSSR count). The van der Waals surface area contributed by atoms with E-state index >= 15 is 0 Å². The summed E-state index contributed by atoms with van der Waals surface area (Å²) in [5.74, 6) is 1.62. The third kappa shape index (κ3) is 1.93. The SMILES string of the molecule is COc1ccc2c3c1O[C@H]1C4(OC)C=C[C@]5(C[C@@H]4[C@](C)(O)C(C)(C)C)[C@@H](C2)NCC[C@]315. The fourth-order valence-electron chi connectivity index (χ4n) is 8.04. The molecule has 1 unspecified atom stereocenters. The van der Waals surface area contributed by atoms with Crippen LogP contribution < -0.4 is 14.8 Å². The minimum Gasteiger partial charge on any atom is -0.493 e. The van der Waals surface area contributed by atoms with Gasteiger partial charge in [0.1, 0.15) is 11.7 Å². The van der Waals surface area contributed by atoms with E-state index in [9.17, 15) is 5.11 Å². The number of rotatable bonds is 3. The summed E-state index contributed by atoms with van der Waals surface area (Å²) < 4.78 is 19.1. The van der Waals surface area contributed by atoms with Crippen LogP contribution in [-0.2, 0) is 16.6 Å². The van der Waals surface area contributed by atoms with Crippen LogP contribution >= 0.6 is 0 Å². The Kier molecular flexibility index (Phi) is 3.67. The van der Waals surface area contributed by atoms with Crippen LogP contribution in [0.4, 0.5) is 0 Å². The Hall–Kier alpha value is -1.56. The van der Waals surface area contributed by atoms with E-state index in [2.05, 4.69) is 44.3 Å². The Morgan fingerprint density at radius 2 is 1.94 bits per heavy atom. The highest BCUT2D eigenvalue weighted by Crippen LogP contribution is 2.75. The number of ether oxygens (including phenoxy) is 3. The second kappa shape index (κ2) is 5.67. The average Bonchev–Trinajstić information content (AvgIpc) is 3.09. The molecule has 2 fully saturated rings. The molecule has 1 saturated heterocycles. The zero-order valence-corrected chi connectivity index (χ0v) is 19.5. The predicted octanol–water partition coefficient (Wildman–Crippen LogP) is 3.37. The van der Waals surface area contributed by atoms with Crippen molar-refractivity contribution < 1.29 is 19.3 Å². The van der Waals surface area contributed by atoms with Crippen LogP contribution in [0.1, 0.15) is 51.7 Å². The quantitative estimate of drug-likeness (QED) is 0.727. The minimum absolute atomic E-state index is 0.0858. The van der Waals surface area contributed by atoms with Gasteiger partial charge in [-0.3, -0.25) is 0 Å². The highest BCUT2D eigenvalue weighted by molar-refractivity contribution is 5.65. The van der Waals surface area contributed by atoms with Gasteiger partial charge in [-0.2, -0.15) is 0 Å². The van der Waals surface area contributed by atoms with E-state index in [1.54, 1.807) is 14.2 Å². The fourth-order valence-corrected chi connectivity index (χ4v) is 8.04. The van der Waals surface area contributed by atoms with Gasteiger partial charge in [0, 0.05) is 30.0 Å². The third-order valence-corrected chi connectivity index (χ3v) is 10.0. The number of benzene rings is 1. The first-order valence-corrected chi connectivity index (χ1v) is 11.7. The molecule has 1 aromatic rings. The van der Waals surface area contributed by atoms with E-state index in [1.807, 2.05) is 13.0 Å². The van der Waals surface area contributed by atoms with Crippen molar-refractivity contribution in [1.29, 1.82) is 0 Å². The standard InChI is InChI=1S/C26H35NO4/c1-22(2,3)23(4,28)17-14-24-9-10-26(17,30-6)21-25(24)11-12-27-18(24)13-15-7-8-16(29-5)20(31-21)19(15)25/h7-10,17-18,21,27-28H,11-14H2,1-6H3/t17-,18-,21-,23+,24+,25+,26?/m1/s1. The van der Waals surface area contributed by atoms with E-state index in [0.29, 0.717) is 6.04 Å². The van der Waals surface area contributed by atoms with Crippen molar-refractivity contribution in [3.63, 3.8) is 0 Å². The smallest absolute Gasteiger partial charge is 0.166 e. The van der Waals surface area contributed by atoms with Gasteiger partial charge < -0.3 is 24.6 Å². The summed E-state index contributed by atoms with van der Waals surface area (Å²) in [4.78, 5) is 0. The Morgan fingerprint density at radius 1 is 1.16 bits per heavy atom. The van der Waals surface area contributed by atoms with Crippen LogP contribution in [0.25, 0.3) is 0 Å². The molecule has 2 heterocycles. The molecular weight excluding hydrogens is 390 g/mol. The number of fused-ring (bicyclic) bond motifs is 1. The molecule has 0 radical (unpaired) electrons. The molecule has 4 bridgehead atoms. The molecule has 2 N–H and O–H groups in total. The van der Waals surface area contributed by atoms with Crippen LogP contribution in [0, 0.1) is 16.7 Å². The summed E-state index contributed by atoms with van der Waals surface area (Å²) in [6.07, 6.45) is 7.35. The molecule has 0 amide bonds. The molecular formula is C26H35NO4. The van der Waals surface area contributed by atoms with Gasteiger partial charge in [-0.25, -0.2) is 0 Å². The molecule has 1 aromatic carbocycles. The van der Waals surface area contributed by atoms with Gasteiger partial charge in [0.25, 0.3) is 0 Å². The van der Waals surface area contributed by atoms with Crippen LogP contribution in [0.3, 0.4) is 0 Å². The highest BCUT2D eigenvalue weighted by atomic mass is 16.6. The molecule has 6 aliphatic rings. The summed E-state index contributed by atoms with van der Waals surface area (Å²) >= 11 is 0. The largest absolute Gasteiger partial charge is 0.493 e. The van der Waals surface area contributed by atoms with Crippen molar-refractivity contribution in [3.8, 4) is 11.5 Å². The fraction of sp³-hybridized carbons (Fsp3) is 0.692. The van der Waals surface area contributed by atoms with Crippen molar-refractivity contribution >= 4 is 0 Å². The average molecular weight is 426 g/mol. The Bertz CT molecular complexity index is 994. The van der Waals surface area contributed by atoms with E-state index in [1.165, 1.54) is 11.1 Å². The summed E-state index contributed by atoms with van der Waals surface area (Å²) in [7, 11) is 3.51. The molecule has 31 heavy (non-hydrogen) atoms. The van der Waals surface area contributed by atoms with E-state index in [0.717, 1.165) is 37.3 Å². The topological polar surface area (TPSA) is 60.0 Å². The third-order valence-electron chi connectivity index (χ3n) is 10.0. The predicted molar refractivity (Wildman–Crippen MR) is 119 cm³/mol. The van der Waals surface area contributed by atoms with Crippen molar-refractivity contribution in [2.75, 3.05) is 20.8 Å². The summed E-state index contributed by atoms with van der Waals surface area (Å²) in [5.41, 5.74) is 0.514. The number of piperidine rings is 1. The number of nitrogens with one attached hydrogen (secondary N) is 1. The van der Waals surface area contributed by atoms with E-state index < -0.39 is 11.2 Å². The van der Waals surface area contributed by atoms with Gasteiger partial charge in [0.05, 0.1) is 18.1 Å². The first-order valence-electron chi connectivity index (χ1n) is 11.7. The lowest BCUT2D eigenvalue weighted by Gasteiger charge is -2.71. The van der Waals surface area contributed by atoms with E-state index in [4.69, 9.17) is 14.2 Å². The molecule has 2 spiro atoms. The minimum atomic E-state index is -0.931. The van der Waals surface area contributed by atoms with Crippen molar-refractivity contribution in [2.45, 2.75) is 75.7 Å². The Labute approximate surface area is 185 Å². The zero-order chi connectivity index (χ0) is 22.0. The molecule has 4 aliphatic carbocycles. The first kappa shape index (κ1) is 20.1. The van der Waals surface area contributed by atoms with Crippen LogP contribution in [0.15, 0.2) is 24.3 Å². The lowest BCUT2D eigenvalue weighted by Crippen LogP contribution is -2.81. The van der Waals surface area contributed by atoms with Crippen molar-refractivity contribution in [2.24, 2.45) is 16.7 Å². The van der Waals surface area contributed by atoms with Gasteiger partial charge in [0.15, 0.2) is 11.5 Å². The first-order chi connectivity index (χ1) is 14.6. The van der Waals surface area contributed by atoms with Crippen LogP contribution in [0.2, 0.25) is 0 Å². The molecule has 7 atom stereocenters. The molecule has 2 aliphatic heterocycles. The summed E-state index contributed by atoms with van der Waals surface area (Å²) in [6, 6.07) is 4.60. The lowest BCUT2D eigenvalue weighted by molar-refractivity contribution is -0.254. The summed E-state index contributed by atoms with van der Waals surface area (Å²) in [6.45, 7) is 9.34. The Morgan fingerprint density at radius 3 is 2.61 bits per heavy atom. The molecule has 1 saturated carbocycles. The van der Waals surface area contributed by atoms with Gasteiger partial charge in [-0.05, 0) is 49.8 Å².